The van der Waals surface area contributed by atoms with Crippen LogP contribution >= 0.6 is 27.7 Å². The molecule has 0 radical (unpaired) electrons. The summed E-state index contributed by atoms with van der Waals surface area (Å²) in [5.74, 6) is 0.805. The number of aryl methyl sites for hydroxylation is 1. The number of pyridine rings is 1. The standard InChI is InChI=1S/C9H9BrN4S/c1-14-6-12-13-9(14)15-5-8-3-2-7(10)4-11-8/h2-4,6H,5H2,1H3. The highest BCUT2D eigenvalue weighted by molar-refractivity contribution is 9.10. The van der Waals surface area contributed by atoms with Crippen LogP contribution in [0.1, 0.15) is 5.69 Å². The van der Waals surface area contributed by atoms with Gasteiger partial charge in [0.1, 0.15) is 6.33 Å². The van der Waals surface area contributed by atoms with Crippen molar-refractivity contribution in [3.05, 3.63) is 34.8 Å². The molecule has 2 heterocycles. The van der Waals surface area contributed by atoms with E-state index in [0.29, 0.717) is 0 Å². The van der Waals surface area contributed by atoms with Gasteiger partial charge in [-0.25, -0.2) is 0 Å². The molecule has 0 saturated carbocycles. The molecule has 0 unspecified atom stereocenters. The van der Waals surface area contributed by atoms with E-state index in [-0.39, 0.29) is 0 Å². The molecular formula is C9H9BrN4S. The molecule has 0 bridgehead atoms. The van der Waals surface area contributed by atoms with E-state index in [9.17, 15) is 0 Å². The largest absolute Gasteiger partial charge is 0.312 e. The zero-order valence-corrected chi connectivity index (χ0v) is 10.5. The fraction of sp³-hybridized carbons (Fsp3) is 0.222. The highest BCUT2D eigenvalue weighted by Gasteiger charge is 2.02. The van der Waals surface area contributed by atoms with Crippen molar-refractivity contribution in [2.75, 3.05) is 0 Å². The van der Waals surface area contributed by atoms with E-state index in [4.69, 9.17) is 0 Å². The topological polar surface area (TPSA) is 43.6 Å². The first-order valence-corrected chi connectivity index (χ1v) is 6.11. The van der Waals surface area contributed by atoms with E-state index in [1.807, 2.05) is 23.7 Å². The Morgan fingerprint density at radius 1 is 1.47 bits per heavy atom. The maximum atomic E-state index is 4.28. The lowest BCUT2D eigenvalue weighted by Gasteiger charge is -2.00. The lowest BCUT2D eigenvalue weighted by Crippen LogP contribution is -1.91. The molecule has 0 spiro atoms. The van der Waals surface area contributed by atoms with Gasteiger partial charge in [0.15, 0.2) is 5.16 Å². The van der Waals surface area contributed by atoms with Crippen molar-refractivity contribution in [2.45, 2.75) is 10.9 Å². The third-order valence-corrected chi connectivity index (χ3v) is 3.34. The summed E-state index contributed by atoms with van der Waals surface area (Å²) in [6, 6.07) is 3.98. The molecule has 0 aliphatic carbocycles. The Labute approximate surface area is 100 Å². The summed E-state index contributed by atoms with van der Waals surface area (Å²) in [6.07, 6.45) is 3.49. The quantitative estimate of drug-likeness (QED) is 0.811. The second-order valence-corrected chi connectivity index (χ2v) is 4.84. The monoisotopic (exact) mass is 284 g/mol. The first-order chi connectivity index (χ1) is 7.25. The maximum Gasteiger partial charge on any atom is 0.191 e. The smallest absolute Gasteiger partial charge is 0.191 e. The van der Waals surface area contributed by atoms with Gasteiger partial charge in [-0.2, -0.15) is 0 Å². The Hall–Kier alpha value is -0.880. The molecule has 0 aliphatic rings. The predicted octanol–water partition coefficient (Wildman–Crippen LogP) is 2.26. The van der Waals surface area contributed by atoms with Gasteiger partial charge in [-0.3, -0.25) is 4.98 Å². The Morgan fingerprint density at radius 2 is 2.33 bits per heavy atom. The normalized spacial score (nSPS) is 10.5. The first kappa shape index (κ1) is 10.6. The van der Waals surface area contributed by atoms with Gasteiger partial charge in [0.25, 0.3) is 0 Å². The Kier molecular flexibility index (Phi) is 3.37. The molecule has 78 valence electrons. The molecule has 0 N–H and O–H groups in total. The van der Waals surface area contributed by atoms with Crippen LogP contribution in [0.3, 0.4) is 0 Å². The second kappa shape index (κ2) is 4.76. The van der Waals surface area contributed by atoms with Gasteiger partial charge < -0.3 is 4.57 Å². The number of hydrogen-bond donors (Lipinski definition) is 0. The molecule has 2 aromatic heterocycles. The van der Waals surface area contributed by atoms with Crippen LogP contribution in [0.15, 0.2) is 34.3 Å². The highest BCUT2D eigenvalue weighted by atomic mass is 79.9. The molecule has 15 heavy (non-hydrogen) atoms. The van der Waals surface area contributed by atoms with Gasteiger partial charge in [0, 0.05) is 23.5 Å². The number of rotatable bonds is 3. The average Bonchev–Trinajstić information content (AvgIpc) is 2.63. The molecule has 0 atom stereocenters. The van der Waals surface area contributed by atoms with Crippen LogP contribution < -0.4 is 0 Å². The zero-order valence-electron chi connectivity index (χ0n) is 8.09. The summed E-state index contributed by atoms with van der Waals surface area (Å²) in [7, 11) is 1.93. The average molecular weight is 285 g/mol. The van der Waals surface area contributed by atoms with E-state index in [1.54, 1.807) is 24.3 Å². The summed E-state index contributed by atoms with van der Waals surface area (Å²) >= 11 is 4.98. The van der Waals surface area contributed by atoms with Gasteiger partial charge >= 0.3 is 0 Å². The zero-order chi connectivity index (χ0) is 10.7. The summed E-state index contributed by atoms with van der Waals surface area (Å²) in [4.78, 5) is 4.28. The minimum Gasteiger partial charge on any atom is -0.312 e. The molecule has 0 fully saturated rings. The van der Waals surface area contributed by atoms with Gasteiger partial charge in [-0.15, -0.1) is 10.2 Å². The van der Waals surface area contributed by atoms with E-state index in [0.717, 1.165) is 21.1 Å². The number of halogens is 1. The third-order valence-electron chi connectivity index (χ3n) is 1.81. The van der Waals surface area contributed by atoms with Crippen LogP contribution in [0.5, 0.6) is 0 Å². The van der Waals surface area contributed by atoms with Crippen LogP contribution in [0.4, 0.5) is 0 Å². The van der Waals surface area contributed by atoms with Gasteiger partial charge in [0.05, 0.1) is 5.69 Å². The minimum atomic E-state index is 0.805. The summed E-state index contributed by atoms with van der Waals surface area (Å²) < 4.78 is 2.89. The summed E-state index contributed by atoms with van der Waals surface area (Å²) in [5.41, 5.74) is 1.03. The number of thioether (sulfide) groups is 1. The minimum absolute atomic E-state index is 0.805. The van der Waals surface area contributed by atoms with Crippen LogP contribution in [0.2, 0.25) is 0 Å². The molecule has 0 aromatic carbocycles. The van der Waals surface area contributed by atoms with Crippen molar-refractivity contribution >= 4 is 27.7 Å². The van der Waals surface area contributed by atoms with Crippen molar-refractivity contribution < 1.29 is 0 Å². The van der Waals surface area contributed by atoms with E-state index < -0.39 is 0 Å². The number of aromatic nitrogens is 4. The van der Waals surface area contributed by atoms with Gasteiger partial charge in [-0.05, 0) is 28.1 Å². The molecular weight excluding hydrogens is 276 g/mol. The van der Waals surface area contributed by atoms with E-state index >= 15 is 0 Å². The molecule has 0 saturated heterocycles. The Bertz CT molecular complexity index is 440. The highest BCUT2D eigenvalue weighted by Crippen LogP contribution is 2.19. The Balaban J connectivity index is 1.99. The fourth-order valence-corrected chi connectivity index (χ4v) is 2.07. The number of hydrogen-bond acceptors (Lipinski definition) is 4. The molecule has 4 nitrogen and oxygen atoms in total. The number of nitrogens with zero attached hydrogens (tertiary/aromatic N) is 4. The van der Waals surface area contributed by atoms with Crippen LogP contribution in [-0.4, -0.2) is 19.7 Å². The lowest BCUT2D eigenvalue weighted by molar-refractivity contribution is 0.788. The molecule has 6 heteroatoms. The SMILES string of the molecule is Cn1cnnc1SCc1ccc(Br)cn1. The summed E-state index contributed by atoms with van der Waals surface area (Å²) in [5, 5.41) is 8.70. The summed E-state index contributed by atoms with van der Waals surface area (Å²) in [6.45, 7) is 0. The van der Waals surface area contributed by atoms with Crippen molar-refractivity contribution in [1.82, 2.24) is 19.7 Å². The van der Waals surface area contributed by atoms with E-state index in [2.05, 4.69) is 31.1 Å². The molecule has 2 aromatic rings. The molecule has 0 aliphatic heterocycles. The van der Waals surface area contributed by atoms with Crippen molar-refractivity contribution in [3.8, 4) is 0 Å². The van der Waals surface area contributed by atoms with Crippen molar-refractivity contribution in [1.29, 1.82) is 0 Å². The second-order valence-electron chi connectivity index (χ2n) is 2.98. The van der Waals surface area contributed by atoms with Gasteiger partial charge in [0.2, 0.25) is 0 Å². The van der Waals surface area contributed by atoms with Crippen molar-refractivity contribution in [2.24, 2.45) is 7.05 Å². The van der Waals surface area contributed by atoms with Crippen LogP contribution in [0, 0.1) is 0 Å². The fourth-order valence-electron chi connectivity index (χ4n) is 1.03. The maximum absolute atomic E-state index is 4.28. The van der Waals surface area contributed by atoms with Crippen LogP contribution in [0.25, 0.3) is 0 Å². The lowest BCUT2D eigenvalue weighted by atomic mass is 10.4. The Morgan fingerprint density at radius 3 is 2.93 bits per heavy atom. The van der Waals surface area contributed by atoms with Crippen LogP contribution in [-0.2, 0) is 12.8 Å². The molecule has 2 rings (SSSR count). The van der Waals surface area contributed by atoms with E-state index in [1.165, 1.54) is 0 Å². The molecule has 0 amide bonds. The first-order valence-electron chi connectivity index (χ1n) is 4.33. The third kappa shape index (κ3) is 2.79. The van der Waals surface area contributed by atoms with Crippen molar-refractivity contribution in [3.63, 3.8) is 0 Å². The van der Waals surface area contributed by atoms with Gasteiger partial charge in [-0.1, -0.05) is 11.8 Å². The predicted molar refractivity (Wildman–Crippen MR) is 62.5 cm³/mol.